The van der Waals surface area contributed by atoms with Crippen molar-refractivity contribution in [3.05, 3.63) is 12.2 Å². The third-order valence-corrected chi connectivity index (χ3v) is 1.92. The lowest BCUT2D eigenvalue weighted by atomic mass is 10.2. The zero-order chi connectivity index (χ0) is 14.0. The first-order valence-corrected chi connectivity index (χ1v) is 5.52. The van der Waals surface area contributed by atoms with Crippen molar-refractivity contribution in [2.75, 3.05) is 20.3 Å². The summed E-state index contributed by atoms with van der Waals surface area (Å²) in [5.41, 5.74) is 0.291. The van der Waals surface area contributed by atoms with Crippen LogP contribution in [0.5, 0.6) is 0 Å². The molecule has 0 spiro atoms. The average molecular weight is 258 g/mol. The fourth-order valence-electron chi connectivity index (χ4n) is 0.964. The molecule has 0 saturated heterocycles. The molecule has 0 aliphatic carbocycles. The van der Waals surface area contributed by atoms with Crippen LogP contribution in [0.15, 0.2) is 12.2 Å². The van der Waals surface area contributed by atoms with Gasteiger partial charge in [0.25, 0.3) is 0 Å². The van der Waals surface area contributed by atoms with Gasteiger partial charge in [-0.2, -0.15) is 0 Å². The normalized spacial score (nSPS) is 9.44. The first-order chi connectivity index (χ1) is 8.47. The van der Waals surface area contributed by atoms with Gasteiger partial charge in [-0.1, -0.05) is 6.58 Å². The van der Waals surface area contributed by atoms with Crippen LogP contribution in [0.2, 0.25) is 0 Å². The highest BCUT2D eigenvalue weighted by molar-refractivity contribution is 5.86. The van der Waals surface area contributed by atoms with E-state index < -0.39 is 11.9 Å². The van der Waals surface area contributed by atoms with Crippen LogP contribution in [0.25, 0.3) is 0 Å². The highest BCUT2D eigenvalue weighted by Crippen LogP contribution is 1.99. The fourth-order valence-corrected chi connectivity index (χ4v) is 0.964. The van der Waals surface area contributed by atoms with Crippen molar-refractivity contribution < 1.29 is 28.6 Å². The molecule has 0 rings (SSSR count). The lowest BCUT2D eigenvalue weighted by molar-refractivity contribution is -0.150. The molecule has 0 aromatic heterocycles. The Hall–Kier alpha value is -1.85. The van der Waals surface area contributed by atoms with Gasteiger partial charge < -0.3 is 14.2 Å². The van der Waals surface area contributed by atoms with Crippen molar-refractivity contribution in [1.82, 2.24) is 0 Å². The van der Waals surface area contributed by atoms with Crippen LogP contribution in [0.1, 0.15) is 26.2 Å². The summed E-state index contributed by atoms with van der Waals surface area (Å²) < 4.78 is 13.9. The molecule has 6 heteroatoms. The fraction of sp³-hybridized carbons (Fsp3) is 0.583. The third-order valence-electron chi connectivity index (χ3n) is 1.92. The first-order valence-electron chi connectivity index (χ1n) is 5.52. The van der Waals surface area contributed by atoms with Crippen molar-refractivity contribution in [2.45, 2.75) is 26.2 Å². The molecule has 18 heavy (non-hydrogen) atoms. The highest BCUT2D eigenvalue weighted by Gasteiger charge is 2.07. The number of rotatable bonds is 8. The van der Waals surface area contributed by atoms with E-state index >= 15 is 0 Å². The monoisotopic (exact) mass is 258 g/mol. The van der Waals surface area contributed by atoms with Crippen molar-refractivity contribution in [3.8, 4) is 0 Å². The number of carbonyl (C=O) groups excluding carboxylic acids is 3. The van der Waals surface area contributed by atoms with Gasteiger partial charge in [0.05, 0.1) is 7.11 Å². The number of carbonyl (C=O) groups is 3. The van der Waals surface area contributed by atoms with Gasteiger partial charge in [-0.3, -0.25) is 9.59 Å². The van der Waals surface area contributed by atoms with Crippen LogP contribution < -0.4 is 0 Å². The Balaban J connectivity index is 3.51. The van der Waals surface area contributed by atoms with Crippen LogP contribution in [-0.2, 0) is 28.6 Å². The second-order valence-electron chi connectivity index (χ2n) is 3.57. The van der Waals surface area contributed by atoms with Crippen LogP contribution in [-0.4, -0.2) is 38.2 Å². The van der Waals surface area contributed by atoms with Crippen molar-refractivity contribution >= 4 is 17.9 Å². The number of hydrogen-bond donors (Lipinski definition) is 0. The maximum atomic E-state index is 11.2. The Labute approximate surface area is 106 Å². The van der Waals surface area contributed by atoms with E-state index in [1.807, 2.05) is 0 Å². The molecule has 0 aliphatic rings. The van der Waals surface area contributed by atoms with Crippen molar-refractivity contribution in [3.63, 3.8) is 0 Å². The Kier molecular flexibility index (Phi) is 8.26. The summed E-state index contributed by atoms with van der Waals surface area (Å²) in [5, 5.41) is 0. The van der Waals surface area contributed by atoms with E-state index in [0.717, 1.165) is 0 Å². The number of esters is 3. The van der Waals surface area contributed by atoms with Gasteiger partial charge in [-0.25, -0.2) is 4.79 Å². The summed E-state index contributed by atoms with van der Waals surface area (Å²) in [4.78, 5) is 32.9. The molecule has 0 aromatic carbocycles. The van der Waals surface area contributed by atoms with E-state index in [9.17, 15) is 14.4 Å². The van der Waals surface area contributed by atoms with Crippen LogP contribution >= 0.6 is 0 Å². The summed E-state index contributed by atoms with van der Waals surface area (Å²) in [5.74, 6) is -1.32. The number of methoxy groups -OCH3 is 1. The number of hydrogen-bond acceptors (Lipinski definition) is 6. The molecule has 0 radical (unpaired) electrons. The molecular formula is C12H18O6. The Morgan fingerprint density at radius 1 is 1.00 bits per heavy atom. The molecule has 0 amide bonds. The largest absolute Gasteiger partial charge is 0.469 e. The first kappa shape index (κ1) is 16.1. The molecule has 0 bridgehead atoms. The van der Waals surface area contributed by atoms with Gasteiger partial charge in [0.2, 0.25) is 0 Å². The molecule has 0 aromatic rings. The minimum absolute atomic E-state index is 0.00389. The summed E-state index contributed by atoms with van der Waals surface area (Å²) in [6.45, 7) is 4.93. The molecular weight excluding hydrogens is 240 g/mol. The standard InChI is InChI=1S/C12H18O6/c1-9(2)12(15)18-8-7-17-11(14)6-4-5-10(13)16-3/h1,4-8H2,2-3H3. The van der Waals surface area contributed by atoms with Gasteiger partial charge in [0.15, 0.2) is 0 Å². The molecule has 0 atom stereocenters. The van der Waals surface area contributed by atoms with Gasteiger partial charge in [0, 0.05) is 18.4 Å². The maximum absolute atomic E-state index is 11.2. The lowest BCUT2D eigenvalue weighted by Crippen LogP contribution is -2.14. The lowest BCUT2D eigenvalue weighted by Gasteiger charge is -2.05. The van der Waals surface area contributed by atoms with Gasteiger partial charge in [0.1, 0.15) is 13.2 Å². The van der Waals surface area contributed by atoms with Gasteiger partial charge in [-0.15, -0.1) is 0 Å². The molecule has 0 N–H and O–H groups in total. The summed E-state index contributed by atoms with van der Waals surface area (Å²) >= 11 is 0. The minimum atomic E-state index is -0.517. The predicted octanol–water partition coefficient (Wildman–Crippen LogP) is 0.992. The molecule has 0 unspecified atom stereocenters. The molecule has 0 aliphatic heterocycles. The highest BCUT2D eigenvalue weighted by atomic mass is 16.6. The van der Waals surface area contributed by atoms with Crippen LogP contribution in [0, 0.1) is 0 Å². The topological polar surface area (TPSA) is 78.9 Å². The third kappa shape index (κ3) is 8.32. The van der Waals surface area contributed by atoms with E-state index in [4.69, 9.17) is 9.47 Å². The molecule has 6 nitrogen and oxygen atoms in total. The summed E-state index contributed by atoms with van der Waals surface area (Å²) in [6.07, 6.45) is 0.677. The van der Waals surface area contributed by atoms with Crippen LogP contribution in [0.4, 0.5) is 0 Å². The number of ether oxygens (including phenoxy) is 3. The van der Waals surface area contributed by atoms with E-state index in [1.165, 1.54) is 14.0 Å². The zero-order valence-corrected chi connectivity index (χ0v) is 10.7. The van der Waals surface area contributed by atoms with Crippen LogP contribution in [0.3, 0.4) is 0 Å². The minimum Gasteiger partial charge on any atom is -0.469 e. The molecule has 0 saturated carbocycles. The SMILES string of the molecule is C=C(C)C(=O)OCCOC(=O)CCCC(=O)OC. The van der Waals surface area contributed by atoms with Crippen molar-refractivity contribution in [2.24, 2.45) is 0 Å². The average Bonchev–Trinajstić information content (AvgIpc) is 2.33. The van der Waals surface area contributed by atoms with Crippen molar-refractivity contribution in [1.29, 1.82) is 0 Å². The maximum Gasteiger partial charge on any atom is 0.333 e. The Bertz CT molecular complexity index is 321. The predicted molar refractivity (Wildman–Crippen MR) is 62.6 cm³/mol. The molecule has 0 heterocycles. The smallest absolute Gasteiger partial charge is 0.333 e. The Morgan fingerprint density at radius 2 is 1.56 bits per heavy atom. The van der Waals surface area contributed by atoms with E-state index in [2.05, 4.69) is 11.3 Å². The molecule has 102 valence electrons. The van der Waals surface area contributed by atoms with Gasteiger partial charge >= 0.3 is 17.9 Å². The Morgan fingerprint density at radius 3 is 2.11 bits per heavy atom. The summed E-state index contributed by atoms with van der Waals surface area (Å²) in [7, 11) is 1.29. The summed E-state index contributed by atoms with van der Waals surface area (Å²) in [6, 6.07) is 0. The quantitative estimate of drug-likeness (QED) is 0.279. The van der Waals surface area contributed by atoms with Gasteiger partial charge in [-0.05, 0) is 13.3 Å². The molecule has 0 fully saturated rings. The van der Waals surface area contributed by atoms with E-state index in [1.54, 1.807) is 0 Å². The second kappa shape index (κ2) is 9.21. The van der Waals surface area contributed by atoms with E-state index in [0.29, 0.717) is 12.0 Å². The zero-order valence-electron chi connectivity index (χ0n) is 10.7. The van der Waals surface area contributed by atoms with E-state index in [-0.39, 0.29) is 32.0 Å². The second-order valence-corrected chi connectivity index (χ2v) is 3.57.